The molecule has 1 heterocycles. The number of carbonyl (C=O) groups excluding carboxylic acids is 1. The van der Waals surface area contributed by atoms with Gasteiger partial charge in [0.25, 0.3) is 0 Å². The molecule has 0 spiro atoms. The molecular formula is C13H17BrN2O. The highest BCUT2D eigenvalue weighted by atomic mass is 79.9. The molecule has 0 aliphatic carbocycles. The molecule has 92 valence electrons. The lowest BCUT2D eigenvalue weighted by Crippen LogP contribution is -2.56. The number of benzene rings is 1. The summed E-state index contributed by atoms with van der Waals surface area (Å²) in [4.78, 5) is 14.2. The predicted molar refractivity (Wildman–Crippen MR) is 72.9 cm³/mol. The molecule has 1 amide bonds. The summed E-state index contributed by atoms with van der Waals surface area (Å²) in [5.74, 6) is 0.110. The van der Waals surface area contributed by atoms with Crippen molar-refractivity contribution < 1.29 is 4.79 Å². The largest absolute Gasteiger partial charge is 0.327 e. The molecule has 1 aliphatic rings. The Morgan fingerprint density at radius 2 is 1.94 bits per heavy atom. The molecule has 1 fully saturated rings. The van der Waals surface area contributed by atoms with Crippen molar-refractivity contribution in [1.29, 1.82) is 0 Å². The van der Waals surface area contributed by atoms with E-state index in [0.717, 1.165) is 16.6 Å². The summed E-state index contributed by atoms with van der Waals surface area (Å²) in [6, 6.07) is 7.75. The molecule has 0 saturated carbocycles. The Balaban J connectivity index is 2.29. The van der Waals surface area contributed by atoms with Gasteiger partial charge in [-0.2, -0.15) is 0 Å². The third-order valence-corrected chi connectivity index (χ3v) is 4.05. The van der Waals surface area contributed by atoms with Crippen molar-refractivity contribution in [3.8, 4) is 0 Å². The lowest BCUT2D eigenvalue weighted by molar-refractivity contribution is -0.129. The Morgan fingerprint density at radius 3 is 2.53 bits per heavy atom. The summed E-state index contributed by atoms with van der Waals surface area (Å²) < 4.78 is 1.02. The summed E-state index contributed by atoms with van der Waals surface area (Å²) in [6.07, 6.45) is 0.842. The highest BCUT2D eigenvalue weighted by Gasteiger charge is 2.41. The molecule has 2 rings (SSSR count). The van der Waals surface area contributed by atoms with E-state index in [4.69, 9.17) is 5.73 Å². The average molecular weight is 297 g/mol. The van der Waals surface area contributed by atoms with Crippen molar-refractivity contribution in [3.63, 3.8) is 0 Å². The highest BCUT2D eigenvalue weighted by molar-refractivity contribution is 9.10. The number of amides is 1. The van der Waals surface area contributed by atoms with Gasteiger partial charge in [-0.25, -0.2) is 0 Å². The first kappa shape index (κ1) is 12.6. The lowest BCUT2D eigenvalue weighted by Gasteiger charge is -2.41. The van der Waals surface area contributed by atoms with Crippen LogP contribution in [-0.2, 0) is 4.79 Å². The van der Waals surface area contributed by atoms with Gasteiger partial charge in [-0.3, -0.25) is 4.79 Å². The number of hydrogen-bond donors (Lipinski definition) is 1. The second-order valence-corrected chi connectivity index (χ2v) is 5.97. The number of piperidine rings is 1. The minimum atomic E-state index is -0.481. The molecule has 1 aromatic rings. The number of rotatable bonds is 1. The molecule has 4 heteroatoms. The number of halogens is 1. The molecular weight excluding hydrogens is 280 g/mol. The van der Waals surface area contributed by atoms with E-state index in [1.165, 1.54) is 0 Å². The molecule has 1 aliphatic heterocycles. The molecule has 2 N–H and O–H groups in total. The Morgan fingerprint density at radius 1 is 1.35 bits per heavy atom. The van der Waals surface area contributed by atoms with Crippen LogP contribution < -0.4 is 10.6 Å². The molecule has 0 bridgehead atoms. The minimum Gasteiger partial charge on any atom is -0.327 e. The Hall–Kier alpha value is -0.870. The van der Waals surface area contributed by atoms with E-state index < -0.39 is 5.41 Å². The van der Waals surface area contributed by atoms with Gasteiger partial charge in [-0.15, -0.1) is 0 Å². The van der Waals surface area contributed by atoms with E-state index in [2.05, 4.69) is 15.9 Å². The van der Waals surface area contributed by atoms with E-state index >= 15 is 0 Å². The van der Waals surface area contributed by atoms with E-state index in [1.54, 1.807) is 0 Å². The quantitative estimate of drug-likeness (QED) is 0.866. The third-order valence-electron chi connectivity index (χ3n) is 3.53. The van der Waals surface area contributed by atoms with Crippen LogP contribution >= 0.6 is 15.9 Å². The van der Waals surface area contributed by atoms with E-state index in [9.17, 15) is 4.79 Å². The zero-order valence-electron chi connectivity index (χ0n) is 10.1. The normalized spacial score (nSPS) is 23.9. The first-order valence-corrected chi connectivity index (χ1v) is 6.55. The van der Waals surface area contributed by atoms with Crippen LogP contribution in [0.15, 0.2) is 28.7 Å². The van der Waals surface area contributed by atoms with Crippen LogP contribution in [0, 0.1) is 5.41 Å². The van der Waals surface area contributed by atoms with Crippen LogP contribution in [-0.4, -0.2) is 18.5 Å². The van der Waals surface area contributed by atoms with Gasteiger partial charge in [0.1, 0.15) is 0 Å². The van der Waals surface area contributed by atoms with Gasteiger partial charge in [0.05, 0.1) is 5.41 Å². The van der Waals surface area contributed by atoms with Crippen LogP contribution in [0.1, 0.15) is 20.3 Å². The summed E-state index contributed by atoms with van der Waals surface area (Å²) in [7, 11) is 0. The fourth-order valence-electron chi connectivity index (χ4n) is 2.10. The van der Waals surface area contributed by atoms with Crippen molar-refractivity contribution in [2.75, 3.05) is 11.4 Å². The summed E-state index contributed by atoms with van der Waals surface area (Å²) in [6.45, 7) is 4.54. The van der Waals surface area contributed by atoms with Crippen molar-refractivity contribution >= 4 is 27.5 Å². The van der Waals surface area contributed by atoms with E-state index in [0.29, 0.717) is 6.54 Å². The maximum absolute atomic E-state index is 12.4. The molecule has 1 unspecified atom stereocenters. The predicted octanol–water partition coefficient (Wildman–Crippen LogP) is 2.54. The molecule has 1 aromatic carbocycles. The smallest absolute Gasteiger partial charge is 0.234 e. The van der Waals surface area contributed by atoms with Crippen LogP contribution in [0.25, 0.3) is 0 Å². The highest BCUT2D eigenvalue weighted by Crippen LogP contribution is 2.32. The summed E-state index contributed by atoms with van der Waals surface area (Å²) >= 11 is 3.39. The average Bonchev–Trinajstić information content (AvgIpc) is 2.29. The fraction of sp³-hybridized carbons (Fsp3) is 0.462. The number of hydrogen-bond acceptors (Lipinski definition) is 2. The maximum atomic E-state index is 12.4. The zero-order chi connectivity index (χ0) is 12.6. The SMILES string of the molecule is CC1(C)C(=O)N(c2ccc(Br)cc2)CCC1N. The second kappa shape index (κ2) is 4.42. The summed E-state index contributed by atoms with van der Waals surface area (Å²) in [5, 5.41) is 0. The standard InChI is InChI=1S/C13H17BrN2O/c1-13(2)11(15)7-8-16(12(13)17)10-5-3-9(14)4-6-10/h3-6,11H,7-8,15H2,1-2H3. The Bertz CT molecular complexity index is 428. The first-order chi connectivity index (χ1) is 7.93. The Labute approximate surface area is 110 Å². The third kappa shape index (κ3) is 2.24. The number of anilines is 1. The monoisotopic (exact) mass is 296 g/mol. The van der Waals surface area contributed by atoms with Crippen molar-refractivity contribution in [2.24, 2.45) is 11.1 Å². The van der Waals surface area contributed by atoms with Crippen molar-refractivity contribution in [1.82, 2.24) is 0 Å². The molecule has 17 heavy (non-hydrogen) atoms. The maximum Gasteiger partial charge on any atom is 0.234 e. The lowest BCUT2D eigenvalue weighted by atomic mass is 9.78. The molecule has 0 aromatic heterocycles. The van der Waals surface area contributed by atoms with Crippen molar-refractivity contribution in [2.45, 2.75) is 26.3 Å². The van der Waals surface area contributed by atoms with Gasteiger partial charge in [-0.05, 0) is 44.5 Å². The van der Waals surface area contributed by atoms with Gasteiger partial charge in [0, 0.05) is 22.7 Å². The van der Waals surface area contributed by atoms with Crippen LogP contribution in [0.2, 0.25) is 0 Å². The number of nitrogens with zero attached hydrogens (tertiary/aromatic N) is 1. The van der Waals surface area contributed by atoms with Gasteiger partial charge in [0.2, 0.25) is 5.91 Å². The first-order valence-electron chi connectivity index (χ1n) is 5.76. The Kier molecular flexibility index (Phi) is 3.27. The number of nitrogens with two attached hydrogens (primary N) is 1. The second-order valence-electron chi connectivity index (χ2n) is 5.05. The zero-order valence-corrected chi connectivity index (χ0v) is 11.7. The number of carbonyl (C=O) groups is 1. The van der Waals surface area contributed by atoms with Gasteiger partial charge in [-0.1, -0.05) is 15.9 Å². The van der Waals surface area contributed by atoms with E-state index in [-0.39, 0.29) is 11.9 Å². The van der Waals surface area contributed by atoms with Crippen LogP contribution in [0.5, 0.6) is 0 Å². The van der Waals surface area contributed by atoms with Crippen LogP contribution in [0.3, 0.4) is 0 Å². The van der Waals surface area contributed by atoms with Gasteiger partial charge < -0.3 is 10.6 Å². The summed E-state index contributed by atoms with van der Waals surface area (Å²) in [5.41, 5.74) is 6.47. The van der Waals surface area contributed by atoms with Crippen molar-refractivity contribution in [3.05, 3.63) is 28.7 Å². The minimum absolute atomic E-state index is 0.0540. The van der Waals surface area contributed by atoms with E-state index in [1.807, 2.05) is 43.0 Å². The topological polar surface area (TPSA) is 46.3 Å². The van der Waals surface area contributed by atoms with Gasteiger partial charge >= 0.3 is 0 Å². The molecule has 0 radical (unpaired) electrons. The molecule has 3 nitrogen and oxygen atoms in total. The fourth-order valence-corrected chi connectivity index (χ4v) is 2.37. The molecule has 1 saturated heterocycles. The van der Waals surface area contributed by atoms with Gasteiger partial charge in [0.15, 0.2) is 0 Å². The van der Waals surface area contributed by atoms with Crippen LogP contribution in [0.4, 0.5) is 5.69 Å². The molecule has 1 atom stereocenters.